The zero-order valence-electron chi connectivity index (χ0n) is 21.4. The fraction of sp³-hybridized carbons (Fsp3) is 0.321. The summed E-state index contributed by atoms with van der Waals surface area (Å²) in [4.78, 5) is 41.4. The van der Waals surface area contributed by atoms with E-state index in [4.69, 9.17) is 9.47 Å². The van der Waals surface area contributed by atoms with Gasteiger partial charge in [-0.15, -0.1) is 11.3 Å². The summed E-state index contributed by atoms with van der Waals surface area (Å²) < 4.78 is 10.7. The first-order chi connectivity index (χ1) is 17.9. The normalized spacial score (nSPS) is 11.4. The lowest BCUT2D eigenvalue weighted by molar-refractivity contribution is -0.126. The molecule has 2 N–H and O–H groups in total. The van der Waals surface area contributed by atoms with Crippen molar-refractivity contribution in [1.29, 1.82) is 0 Å². The fourth-order valence-electron chi connectivity index (χ4n) is 3.80. The summed E-state index contributed by atoms with van der Waals surface area (Å²) in [5, 5.41) is 7.62. The van der Waals surface area contributed by atoms with Crippen LogP contribution in [-0.4, -0.2) is 49.5 Å². The summed E-state index contributed by atoms with van der Waals surface area (Å²) in [5.74, 6) is -0.113. The number of nitrogens with zero attached hydrogens (tertiary/aromatic N) is 1. The number of thiophene rings is 1. The molecular formula is C28H33N3O5S. The molecule has 3 aromatic rings. The first-order valence-electron chi connectivity index (χ1n) is 12.1. The molecule has 3 rings (SSSR count). The van der Waals surface area contributed by atoms with Crippen molar-refractivity contribution in [3.63, 3.8) is 0 Å². The van der Waals surface area contributed by atoms with Crippen molar-refractivity contribution in [3.8, 4) is 5.75 Å². The van der Waals surface area contributed by atoms with Crippen LogP contribution < -0.4 is 15.4 Å². The van der Waals surface area contributed by atoms with Crippen molar-refractivity contribution < 1.29 is 23.9 Å². The van der Waals surface area contributed by atoms with E-state index in [9.17, 15) is 14.4 Å². The van der Waals surface area contributed by atoms with Crippen molar-refractivity contribution in [2.75, 3.05) is 32.2 Å². The molecule has 8 nitrogen and oxygen atoms in total. The highest BCUT2D eigenvalue weighted by Crippen LogP contribution is 2.28. The van der Waals surface area contributed by atoms with Gasteiger partial charge in [0.05, 0.1) is 13.7 Å². The van der Waals surface area contributed by atoms with Gasteiger partial charge in [-0.3, -0.25) is 14.4 Å². The van der Waals surface area contributed by atoms with Gasteiger partial charge in [0.15, 0.2) is 0 Å². The van der Waals surface area contributed by atoms with E-state index >= 15 is 0 Å². The quantitative estimate of drug-likeness (QED) is 0.318. The monoisotopic (exact) mass is 523 g/mol. The van der Waals surface area contributed by atoms with E-state index in [0.29, 0.717) is 48.7 Å². The number of methoxy groups -OCH3 is 1. The van der Waals surface area contributed by atoms with Gasteiger partial charge in [-0.25, -0.2) is 0 Å². The Kier molecular flexibility index (Phi) is 10.7. The molecule has 0 aliphatic carbocycles. The molecule has 0 saturated carbocycles. The first kappa shape index (κ1) is 27.9. The third-order valence-corrected chi connectivity index (χ3v) is 6.44. The van der Waals surface area contributed by atoms with Crippen LogP contribution in [0.3, 0.4) is 0 Å². The minimum atomic E-state index is -0.873. The van der Waals surface area contributed by atoms with Crippen LogP contribution in [0.5, 0.6) is 5.75 Å². The maximum Gasteiger partial charge on any atom is 0.255 e. The number of benzene rings is 2. The van der Waals surface area contributed by atoms with E-state index in [1.54, 1.807) is 60.5 Å². The second kappa shape index (κ2) is 14.2. The van der Waals surface area contributed by atoms with Crippen molar-refractivity contribution in [1.82, 2.24) is 10.2 Å². The Morgan fingerprint density at radius 2 is 1.76 bits per heavy atom. The van der Waals surface area contributed by atoms with Crippen molar-refractivity contribution >= 4 is 34.7 Å². The molecule has 1 atom stereocenters. The van der Waals surface area contributed by atoms with Crippen LogP contribution in [0, 0.1) is 0 Å². The lowest BCUT2D eigenvalue weighted by Crippen LogP contribution is -2.43. The minimum absolute atomic E-state index is 0.195. The van der Waals surface area contributed by atoms with Gasteiger partial charge in [-0.05, 0) is 66.8 Å². The Balaban J connectivity index is 1.95. The van der Waals surface area contributed by atoms with Crippen LogP contribution in [0.4, 0.5) is 5.69 Å². The third kappa shape index (κ3) is 8.16. The Morgan fingerprint density at radius 1 is 1.03 bits per heavy atom. The second-order valence-corrected chi connectivity index (χ2v) is 9.32. The molecule has 2 aromatic carbocycles. The Labute approximate surface area is 221 Å². The molecular weight excluding hydrogens is 490 g/mol. The molecule has 0 saturated heterocycles. The summed E-state index contributed by atoms with van der Waals surface area (Å²) >= 11 is 1.52. The van der Waals surface area contributed by atoms with Crippen molar-refractivity contribution in [2.45, 2.75) is 32.9 Å². The number of anilines is 1. The number of hydrogen-bond acceptors (Lipinski definition) is 6. The summed E-state index contributed by atoms with van der Waals surface area (Å²) in [5.41, 5.74) is 1.67. The van der Waals surface area contributed by atoms with E-state index < -0.39 is 6.04 Å². The number of carbonyl (C=O) groups excluding carboxylic acids is 3. The summed E-state index contributed by atoms with van der Waals surface area (Å²) in [6.45, 7) is 5.20. The Morgan fingerprint density at radius 3 is 2.35 bits per heavy atom. The fourth-order valence-corrected chi connectivity index (χ4v) is 4.50. The topological polar surface area (TPSA) is 97.0 Å². The molecule has 3 amide bonds. The zero-order chi connectivity index (χ0) is 26.6. The largest absolute Gasteiger partial charge is 0.497 e. The molecule has 0 aliphatic heterocycles. The average Bonchev–Trinajstić information content (AvgIpc) is 3.41. The Hall–Kier alpha value is -3.69. The number of rotatable bonds is 13. The van der Waals surface area contributed by atoms with Gasteiger partial charge in [-0.2, -0.15) is 0 Å². The van der Waals surface area contributed by atoms with Gasteiger partial charge in [0.25, 0.3) is 5.91 Å². The summed E-state index contributed by atoms with van der Waals surface area (Å²) in [6.07, 6.45) is 0.665. The molecule has 0 radical (unpaired) electrons. The zero-order valence-corrected chi connectivity index (χ0v) is 22.2. The lowest BCUT2D eigenvalue weighted by atomic mass is 10.0. The van der Waals surface area contributed by atoms with Gasteiger partial charge in [0.1, 0.15) is 11.8 Å². The molecule has 0 fully saturated rings. The molecule has 0 spiro atoms. The van der Waals surface area contributed by atoms with Crippen LogP contribution in [-0.2, 0) is 20.9 Å². The van der Waals surface area contributed by atoms with Crippen LogP contribution in [0.15, 0.2) is 66.0 Å². The molecule has 9 heteroatoms. The number of ether oxygens (including phenoxy) is 2. The van der Waals surface area contributed by atoms with E-state index in [-0.39, 0.29) is 24.3 Å². The average molecular weight is 524 g/mol. The highest BCUT2D eigenvalue weighted by molar-refractivity contribution is 7.09. The minimum Gasteiger partial charge on any atom is -0.497 e. The van der Waals surface area contributed by atoms with Gasteiger partial charge in [0.2, 0.25) is 11.8 Å². The van der Waals surface area contributed by atoms with E-state index in [0.717, 1.165) is 4.88 Å². The van der Waals surface area contributed by atoms with E-state index in [2.05, 4.69) is 10.6 Å². The maximum absolute atomic E-state index is 13.9. The standard InChI is InChI=1S/C28H33N3O5S/c1-4-36-17-6-16-29-27(33)26(21-10-14-24(35-3)15-11-21)31(19-25-7-5-18-37-25)28(34)22-8-12-23(13-9-22)30-20(2)32/h5,7-15,18,26H,4,6,16-17,19H2,1-3H3,(H,29,33)(H,30,32)/t26-/m0/s1. The number of carbonyl (C=O) groups is 3. The van der Waals surface area contributed by atoms with Crippen LogP contribution in [0.2, 0.25) is 0 Å². The van der Waals surface area contributed by atoms with Crippen molar-refractivity contribution in [2.24, 2.45) is 0 Å². The predicted molar refractivity (Wildman–Crippen MR) is 145 cm³/mol. The van der Waals surface area contributed by atoms with Gasteiger partial charge in [-0.1, -0.05) is 18.2 Å². The molecule has 0 bridgehead atoms. The van der Waals surface area contributed by atoms with E-state index in [1.807, 2.05) is 24.4 Å². The molecule has 0 unspecified atom stereocenters. The Bertz CT molecular complexity index is 1150. The lowest BCUT2D eigenvalue weighted by Gasteiger charge is -2.31. The maximum atomic E-state index is 13.9. The van der Waals surface area contributed by atoms with Crippen LogP contribution in [0.1, 0.15) is 47.1 Å². The van der Waals surface area contributed by atoms with E-state index in [1.165, 1.54) is 18.3 Å². The van der Waals surface area contributed by atoms with Gasteiger partial charge >= 0.3 is 0 Å². The van der Waals surface area contributed by atoms with Gasteiger partial charge in [0, 0.05) is 42.8 Å². The second-order valence-electron chi connectivity index (χ2n) is 8.29. The molecule has 1 heterocycles. The highest BCUT2D eigenvalue weighted by atomic mass is 32.1. The predicted octanol–water partition coefficient (Wildman–Crippen LogP) is 4.64. The number of amides is 3. The van der Waals surface area contributed by atoms with Crippen LogP contribution in [0.25, 0.3) is 0 Å². The molecule has 0 aliphatic rings. The number of nitrogens with one attached hydrogen (secondary N) is 2. The summed E-state index contributed by atoms with van der Waals surface area (Å²) in [6, 6.07) is 16.8. The third-order valence-electron chi connectivity index (χ3n) is 5.58. The summed E-state index contributed by atoms with van der Waals surface area (Å²) in [7, 11) is 1.58. The molecule has 1 aromatic heterocycles. The van der Waals surface area contributed by atoms with Gasteiger partial charge < -0.3 is 25.0 Å². The van der Waals surface area contributed by atoms with Crippen LogP contribution >= 0.6 is 11.3 Å². The SMILES string of the molecule is CCOCCCNC(=O)[C@H](c1ccc(OC)cc1)N(Cc1cccs1)C(=O)c1ccc(NC(C)=O)cc1. The molecule has 37 heavy (non-hydrogen) atoms. The molecule has 196 valence electrons. The highest BCUT2D eigenvalue weighted by Gasteiger charge is 2.32. The van der Waals surface area contributed by atoms with Crippen molar-refractivity contribution in [3.05, 3.63) is 82.0 Å². The number of hydrogen-bond donors (Lipinski definition) is 2. The smallest absolute Gasteiger partial charge is 0.255 e. The first-order valence-corrected chi connectivity index (χ1v) is 13.0.